The number of thiol groups is 1. The first-order valence-corrected chi connectivity index (χ1v) is 4.89. The summed E-state index contributed by atoms with van der Waals surface area (Å²) in [5.74, 6) is 1.70. The van der Waals surface area contributed by atoms with Gasteiger partial charge < -0.3 is 0 Å². The maximum Gasteiger partial charge on any atom is 0.0230 e. The second-order valence-corrected chi connectivity index (χ2v) is 4.12. The van der Waals surface area contributed by atoms with E-state index in [9.17, 15) is 0 Å². The largest absolute Gasteiger partial charge is 0.171 e. The average molecular weight is 166 g/mol. The molecular weight excluding hydrogens is 152 g/mol. The Kier molecular flexibility index (Phi) is 2.08. The van der Waals surface area contributed by atoms with Gasteiger partial charge in [-0.25, -0.2) is 0 Å². The molecule has 60 valence electrons. The van der Waals surface area contributed by atoms with Crippen molar-refractivity contribution in [2.75, 3.05) is 0 Å². The average Bonchev–Trinajstić information content (AvgIpc) is 2.06. The van der Waals surface area contributed by atoms with E-state index in [1.807, 2.05) is 0 Å². The summed E-state index contributed by atoms with van der Waals surface area (Å²) in [5.41, 5.74) is 0. The summed E-state index contributed by atoms with van der Waals surface area (Å²) in [5, 5.41) is 0.513. The van der Waals surface area contributed by atoms with Crippen LogP contribution in [-0.4, -0.2) is 5.25 Å². The van der Waals surface area contributed by atoms with Crippen LogP contribution in [0.2, 0.25) is 0 Å². The third-order valence-electron chi connectivity index (χ3n) is 2.83. The van der Waals surface area contributed by atoms with Gasteiger partial charge in [-0.1, -0.05) is 24.3 Å². The van der Waals surface area contributed by atoms with Crippen LogP contribution in [-0.2, 0) is 0 Å². The van der Waals surface area contributed by atoms with E-state index in [4.69, 9.17) is 0 Å². The zero-order valence-corrected chi connectivity index (χ0v) is 7.50. The van der Waals surface area contributed by atoms with Gasteiger partial charge in [0.25, 0.3) is 0 Å². The molecule has 0 saturated heterocycles. The van der Waals surface area contributed by atoms with E-state index >= 15 is 0 Å². The van der Waals surface area contributed by atoms with Gasteiger partial charge in [0.1, 0.15) is 0 Å². The summed E-state index contributed by atoms with van der Waals surface area (Å²) in [6.45, 7) is 0. The number of allylic oxidation sites excluding steroid dienone is 3. The van der Waals surface area contributed by atoms with Crippen LogP contribution in [0.15, 0.2) is 24.3 Å². The Morgan fingerprint density at radius 1 is 1.00 bits per heavy atom. The number of fused-ring (bicyclic) bond motifs is 1. The predicted molar refractivity (Wildman–Crippen MR) is 51.9 cm³/mol. The molecule has 0 aromatic carbocycles. The molecular formula is C10H14S. The third kappa shape index (κ3) is 1.39. The first kappa shape index (κ1) is 7.48. The van der Waals surface area contributed by atoms with Crippen LogP contribution in [0.4, 0.5) is 0 Å². The Labute approximate surface area is 73.8 Å². The topological polar surface area (TPSA) is 0 Å². The summed E-state index contributed by atoms with van der Waals surface area (Å²) in [4.78, 5) is 0. The molecule has 0 bridgehead atoms. The van der Waals surface area contributed by atoms with E-state index in [2.05, 4.69) is 36.9 Å². The van der Waals surface area contributed by atoms with E-state index in [1.54, 1.807) is 0 Å². The fourth-order valence-corrected chi connectivity index (χ4v) is 2.60. The summed E-state index contributed by atoms with van der Waals surface area (Å²) in [6.07, 6.45) is 13.0. The second kappa shape index (κ2) is 3.06. The lowest BCUT2D eigenvalue weighted by atomic mass is 9.76. The molecule has 3 atom stereocenters. The Hall–Kier alpha value is -0.170. The maximum absolute atomic E-state index is 4.56. The summed E-state index contributed by atoms with van der Waals surface area (Å²) in [7, 11) is 0. The second-order valence-electron chi connectivity index (χ2n) is 3.52. The molecule has 2 rings (SSSR count). The molecule has 1 heteroatoms. The minimum absolute atomic E-state index is 0.513. The summed E-state index contributed by atoms with van der Waals surface area (Å²) >= 11 is 4.56. The monoisotopic (exact) mass is 166 g/mol. The van der Waals surface area contributed by atoms with E-state index in [0.717, 1.165) is 11.8 Å². The SMILES string of the molecule is SC1C=CCC2CC=CCC12. The third-order valence-corrected chi connectivity index (χ3v) is 3.39. The molecule has 0 N–H and O–H groups in total. The van der Waals surface area contributed by atoms with Crippen LogP contribution < -0.4 is 0 Å². The van der Waals surface area contributed by atoms with Gasteiger partial charge in [0, 0.05) is 5.25 Å². The molecule has 2 aliphatic carbocycles. The highest BCUT2D eigenvalue weighted by Gasteiger charge is 2.28. The lowest BCUT2D eigenvalue weighted by Crippen LogP contribution is -2.26. The van der Waals surface area contributed by atoms with Gasteiger partial charge in [-0.15, -0.1) is 0 Å². The molecule has 11 heavy (non-hydrogen) atoms. The van der Waals surface area contributed by atoms with Crippen LogP contribution in [0.1, 0.15) is 19.3 Å². The van der Waals surface area contributed by atoms with Crippen molar-refractivity contribution in [1.82, 2.24) is 0 Å². The van der Waals surface area contributed by atoms with Gasteiger partial charge in [0.15, 0.2) is 0 Å². The van der Waals surface area contributed by atoms with Crippen molar-refractivity contribution in [1.29, 1.82) is 0 Å². The summed E-state index contributed by atoms with van der Waals surface area (Å²) < 4.78 is 0. The van der Waals surface area contributed by atoms with Gasteiger partial charge in [-0.3, -0.25) is 0 Å². The number of hydrogen-bond donors (Lipinski definition) is 1. The molecule has 0 aliphatic heterocycles. The van der Waals surface area contributed by atoms with Crippen molar-refractivity contribution in [2.45, 2.75) is 24.5 Å². The van der Waals surface area contributed by atoms with Crippen molar-refractivity contribution in [3.05, 3.63) is 24.3 Å². The van der Waals surface area contributed by atoms with Crippen LogP contribution in [0.25, 0.3) is 0 Å². The molecule has 0 spiro atoms. The fourth-order valence-electron chi connectivity index (χ4n) is 2.12. The van der Waals surface area contributed by atoms with Crippen molar-refractivity contribution >= 4 is 12.6 Å². The predicted octanol–water partition coefficient (Wildman–Crippen LogP) is 2.83. The molecule has 0 heterocycles. The normalized spacial score (nSPS) is 42.1. The Bertz CT molecular complexity index is 193. The van der Waals surface area contributed by atoms with E-state index in [1.165, 1.54) is 19.3 Å². The molecule has 0 amide bonds. The molecule has 0 aromatic rings. The van der Waals surface area contributed by atoms with Crippen molar-refractivity contribution < 1.29 is 0 Å². The minimum atomic E-state index is 0.513. The van der Waals surface area contributed by atoms with Gasteiger partial charge in [-0.05, 0) is 31.1 Å². The van der Waals surface area contributed by atoms with Crippen LogP contribution in [0.3, 0.4) is 0 Å². The van der Waals surface area contributed by atoms with Gasteiger partial charge in [0.05, 0.1) is 0 Å². The van der Waals surface area contributed by atoms with Gasteiger partial charge in [0.2, 0.25) is 0 Å². The van der Waals surface area contributed by atoms with Crippen LogP contribution in [0.5, 0.6) is 0 Å². The van der Waals surface area contributed by atoms with Gasteiger partial charge in [-0.2, -0.15) is 12.6 Å². The Balaban J connectivity index is 2.15. The molecule has 0 aromatic heterocycles. The molecule has 0 radical (unpaired) electrons. The highest BCUT2D eigenvalue weighted by molar-refractivity contribution is 7.81. The zero-order valence-electron chi connectivity index (χ0n) is 6.61. The standard InChI is InChI=1S/C10H14S/c11-10-7-3-5-8-4-1-2-6-9(8)10/h1-3,7-11H,4-6H2. The lowest BCUT2D eigenvalue weighted by molar-refractivity contribution is 0.323. The first-order chi connectivity index (χ1) is 5.38. The summed E-state index contributed by atoms with van der Waals surface area (Å²) in [6, 6.07) is 0. The molecule has 0 nitrogen and oxygen atoms in total. The van der Waals surface area contributed by atoms with Gasteiger partial charge >= 0.3 is 0 Å². The van der Waals surface area contributed by atoms with E-state index in [0.29, 0.717) is 5.25 Å². The van der Waals surface area contributed by atoms with E-state index < -0.39 is 0 Å². The molecule has 3 unspecified atom stereocenters. The van der Waals surface area contributed by atoms with Crippen molar-refractivity contribution in [2.24, 2.45) is 11.8 Å². The first-order valence-electron chi connectivity index (χ1n) is 4.37. The number of rotatable bonds is 0. The van der Waals surface area contributed by atoms with Crippen LogP contribution in [0, 0.1) is 11.8 Å². The van der Waals surface area contributed by atoms with Crippen LogP contribution >= 0.6 is 12.6 Å². The quantitative estimate of drug-likeness (QED) is 0.415. The zero-order chi connectivity index (χ0) is 7.68. The lowest BCUT2D eigenvalue weighted by Gasteiger charge is -2.33. The highest BCUT2D eigenvalue weighted by atomic mass is 32.1. The maximum atomic E-state index is 4.56. The van der Waals surface area contributed by atoms with Crippen molar-refractivity contribution in [3.8, 4) is 0 Å². The highest BCUT2D eigenvalue weighted by Crippen LogP contribution is 2.36. The smallest absolute Gasteiger partial charge is 0.0230 e. The molecule has 0 fully saturated rings. The Morgan fingerprint density at radius 3 is 2.55 bits per heavy atom. The van der Waals surface area contributed by atoms with Crippen molar-refractivity contribution in [3.63, 3.8) is 0 Å². The fraction of sp³-hybridized carbons (Fsp3) is 0.600. The molecule has 2 aliphatic rings. The Morgan fingerprint density at radius 2 is 1.73 bits per heavy atom. The van der Waals surface area contributed by atoms with E-state index in [-0.39, 0.29) is 0 Å². The minimum Gasteiger partial charge on any atom is -0.171 e. The number of hydrogen-bond acceptors (Lipinski definition) is 1. The molecule has 0 saturated carbocycles.